The van der Waals surface area contributed by atoms with Gasteiger partial charge < -0.3 is 0 Å². The van der Waals surface area contributed by atoms with Gasteiger partial charge in [-0.3, -0.25) is 0 Å². The second-order valence-corrected chi connectivity index (χ2v) is 40.9. The fraction of sp³-hybridized carbons (Fsp3) is 0.379. The van der Waals surface area contributed by atoms with Crippen LogP contribution in [0.2, 0.25) is 14.3 Å². The first-order valence-electron chi connectivity index (χ1n) is 12.0. The minimum Gasteiger partial charge on any atom is -0.147 e. The van der Waals surface area contributed by atoms with E-state index in [-0.39, 0.29) is 24.8 Å². The molecule has 2 aliphatic rings. The van der Waals surface area contributed by atoms with E-state index in [0.717, 1.165) is 17.9 Å². The Bertz CT molecular complexity index is 1260. The van der Waals surface area contributed by atoms with Crippen LogP contribution >= 0.6 is 36.4 Å². The maximum atomic E-state index is 7.07. The van der Waals surface area contributed by atoms with Gasteiger partial charge in [0, 0.05) is 0 Å². The molecule has 4 rings (SSSR count). The van der Waals surface area contributed by atoms with Crippen LogP contribution in [0.25, 0.3) is 5.57 Å². The Balaban J connectivity index is 0.00000204. The van der Waals surface area contributed by atoms with Crippen molar-refractivity contribution in [3.63, 3.8) is 0 Å². The van der Waals surface area contributed by atoms with Gasteiger partial charge in [0.2, 0.25) is 0 Å². The third-order valence-electron chi connectivity index (χ3n) is 8.31. The van der Waals surface area contributed by atoms with Crippen molar-refractivity contribution in [1.29, 1.82) is 0 Å². The standard InChI is InChI=1S/C18H16Cl.C9H13.2CH3.2ClH.H2Si.Zr/c1-2-7-14-12-16-15(10-6-11-17(16)19)18(14)13-8-4-3-5-9-13;1-6-5-7(2)9(4)8(6)3;;;;;;/h3-6,8-12H,2,7H2,1H3;6H,1-4H3;2*1H3;2*1H;1H2;. The number of halogens is 3. The van der Waals surface area contributed by atoms with Crippen LogP contribution in [0.4, 0.5) is 0 Å². The first kappa shape index (κ1) is 29.9. The predicted octanol–water partition coefficient (Wildman–Crippen LogP) is 9.43. The second-order valence-electron chi connectivity index (χ2n) is 11.0. The van der Waals surface area contributed by atoms with Gasteiger partial charge in [-0.2, -0.15) is 0 Å². The molecule has 0 saturated heterocycles. The summed E-state index contributed by atoms with van der Waals surface area (Å²) in [6, 6.07) is 17.6. The van der Waals surface area contributed by atoms with E-state index in [1.165, 1.54) is 27.8 Å². The van der Waals surface area contributed by atoms with E-state index in [9.17, 15) is 0 Å². The molecule has 0 bridgehead atoms. The summed E-state index contributed by atoms with van der Waals surface area (Å²) in [6.45, 7) is 14.2. The van der Waals surface area contributed by atoms with Crippen LogP contribution < -0.4 is 0 Å². The molecule has 0 heterocycles. The molecule has 0 N–H and O–H groups in total. The maximum absolute atomic E-state index is 7.07. The van der Waals surface area contributed by atoms with Gasteiger partial charge in [-0.1, -0.05) is 0 Å². The molecule has 0 radical (unpaired) electrons. The summed E-state index contributed by atoms with van der Waals surface area (Å²) in [5.41, 5.74) is 11.9. The van der Waals surface area contributed by atoms with Gasteiger partial charge in [-0.25, -0.2) is 0 Å². The van der Waals surface area contributed by atoms with E-state index in [4.69, 9.17) is 11.6 Å². The molecule has 34 heavy (non-hydrogen) atoms. The molecule has 0 aliphatic heterocycles. The fourth-order valence-electron chi connectivity index (χ4n) is 6.89. The zero-order chi connectivity index (χ0) is 23.4. The van der Waals surface area contributed by atoms with Crippen molar-refractivity contribution < 1.29 is 17.4 Å². The van der Waals surface area contributed by atoms with Gasteiger partial charge in [-0.15, -0.1) is 24.8 Å². The minimum absolute atomic E-state index is 0. The molecule has 2 unspecified atom stereocenters. The number of allylic oxidation sites excluding steroid dienone is 5. The van der Waals surface area contributed by atoms with Crippen molar-refractivity contribution in [2.75, 3.05) is 0 Å². The van der Waals surface area contributed by atoms with Crippen LogP contribution in [0.5, 0.6) is 0 Å². The van der Waals surface area contributed by atoms with Crippen molar-refractivity contribution in [3.8, 4) is 0 Å². The van der Waals surface area contributed by atoms with Crippen molar-refractivity contribution in [2.24, 2.45) is 5.92 Å². The molecule has 2 aliphatic carbocycles. The number of rotatable bonds is 5. The third kappa shape index (κ3) is 4.56. The first-order valence-corrected chi connectivity index (χ1v) is 25.9. The average molecular weight is 613 g/mol. The summed E-state index contributed by atoms with van der Waals surface area (Å²) in [4.78, 5) is 0. The molecule has 2 aromatic rings. The molecule has 0 amide bonds. The topological polar surface area (TPSA) is 0 Å². The van der Waals surface area contributed by atoms with Crippen LogP contribution in [0, 0.1) is 5.92 Å². The third-order valence-corrected chi connectivity index (χ3v) is 25.8. The van der Waals surface area contributed by atoms with E-state index in [1.807, 2.05) is 0 Å². The van der Waals surface area contributed by atoms with Crippen molar-refractivity contribution in [3.05, 3.63) is 95.8 Å². The molecule has 5 heteroatoms. The molecular weight excluding hydrogens is 574 g/mol. The Morgan fingerprint density at radius 3 is 2.06 bits per heavy atom. The molecule has 0 aromatic heterocycles. The monoisotopic (exact) mass is 610 g/mol. The van der Waals surface area contributed by atoms with E-state index in [2.05, 4.69) is 99.3 Å². The van der Waals surface area contributed by atoms with Gasteiger partial charge in [0.25, 0.3) is 0 Å². The molecule has 184 valence electrons. The number of benzene rings is 2. The maximum Gasteiger partial charge on any atom is -0.147 e. The molecule has 2 atom stereocenters. The smallest absolute Gasteiger partial charge is 0.147 e. The molecule has 2 aromatic carbocycles. The van der Waals surface area contributed by atoms with Crippen LogP contribution in [-0.2, 0) is 17.4 Å². The van der Waals surface area contributed by atoms with E-state index in [1.54, 1.807) is 20.0 Å². The molecule has 0 saturated carbocycles. The summed E-state index contributed by atoms with van der Waals surface area (Å²) >= 11 is 3.53. The Morgan fingerprint density at radius 2 is 1.53 bits per heavy atom. The largest absolute Gasteiger partial charge is 0.147 e. The van der Waals surface area contributed by atoms with Gasteiger partial charge in [-0.05, 0) is 0 Å². The number of fused-ring (bicyclic) bond motifs is 1. The summed E-state index contributed by atoms with van der Waals surface area (Å²) in [7, 11) is 0. The molecule has 0 nitrogen and oxygen atoms in total. The van der Waals surface area contributed by atoms with E-state index >= 15 is 0 Å². The van der Waals surface area contributed by atoms with Crippen molar-refractivity contribution in [2.45, 2.75) is 60.3 Å². The van der Waals surface area contributed by atoms with E-state index in [0.29, 0.717) is 9.54 Å². The van der Waals surface area contributed by atoms with Crippen molar-refractivity contribution in [1.82, 2.24) is 0 Å². The molecular formula is C29H39Cl3SiZr. The average Bonchev–Trinajstić information content (AvgIpc) is 3.18. The minimum atomic E-state index is -3.54. The Labute approximate surface area is 226 Å². The van der Waals surface area contributed by atoms with Crippen LogP contribution in [0.1, 0.15) is 67.8 Å². The van der Waals surface area contributed by atoms with Crippen LogP contribution in [0.3, 0.4) is 0 Å². The zero-order valence-electron chi connectivity index (χ0n) is 21.6. The fourth-order valence-corrected chi connectivity index (χ4v) is 28.2. The van der Waals surface area contributed by atoms with Gasteiger partial charge >= 0.3 is 204 Å². The molecule has 0 fully saturated rings. The Hall–Kier alpha value is -0.370. The quantitative estimate of drug-likeness (QED) is 0.295. The van der Waals surface area contributed by atoms with Crippen LogP contribution in [-0.4, -0.2) is 6.88 Å². The summed E-state index contributed by atoms with van der Waals surface area (Å²) in [5, 5.41) is 0.952. The summed E-state index contributed by atoms with van der Waals surface area (Å²) in [6.07, 6.45) is 2.29. The van der Waals surface area contributed by atoms with Gasteiger partial charge in [0.1, 0.15) is 0 Å². The van der Waals surface area contributed by atoms with Gasteiger partial charge in [0.15, 0.2) is 0 Å². The van der Waals surface area contributed by atoms with E-state index < -0.39 is 17.4 Å². The first-order chi connectivity index (χ1) is 15.0. The van der Waals surface area contributed by atoms with Crippen molar-refractivity contribution >= 4 is 48.9 Å². The summed E-state index contributed by atoms with van der Waals surface area (Å²) in [5.74, 6) is 0.544. The Morgan fingerprint density at radius 1 is 0.912 bits per heavy atom. The normalized spacial score (nSPS) is 20.4. The number of hydrogen-bond acceptors (Lipinski definition) is 0. The van der Waals surface area contributed by atoms with Crippen LogP contribution in [0.15, 0.2) is 74.1 Å². The summed E-state index contributed by atoms with van der Waals surface area (Å²) < 4.78 is 7.64. The zero-order valence-corrected chi connectivity index (χ0v) is 27.9. The number of hydrogen-bond donors (Lipinski definition) is 0. The second kappa shape index (κ2) is 10.5. The Kier molecular flexibility index (Phi) is 9.26. The predicted molar refractivity (Wildman–Crippen MR) is 157 cm³/mol. The SMILES string of the molecule is CCCC1=C(c2ccccc2)c2cccc(Cl)c2[CH]1[Zr]([CH3])([CH3])(=[SiH2])[C]1=C(C)C(C)=C(C)C1C.Cl.Cl. The molecule has 0 spiro atoms. The van der Waals surface area contributed by atoms with Gasteiger partial charge in [0.05, 0.1) is 0 Å².